The van der Waals surface area contributed by atoms with E-state index in [2.05, 4.69) is 13.2 Å². The SMILES string of the molecule is C=C(C)/C=C(\N(N)C(C)=O)C(F)(F)F.C=C(C)COC(=O)C1(C)CCCC1.Cc1cc(C)c(Cl)cc1F. The number of esters is 1. The first-order valence-corrected chi connectivity index (χ1v) is 11.9. The second-order valence-electron chi connectivity index (χ2n) is 9.41. The second kappa shape index (κ2) is 14.9. The zero-order chi connectivity index (χ0) is 29.1. The van der Waals surface area contributed by atoms with Gasteiger partial charge in [-0.3, -0.25) is 9.59 Å². The topological polar surface area (TPSA) is 72.6 Å². The van der Waals surface area contributed by atoms with Crippen LogP contribution in [0.1, 0.15) is 64.5 Å². The molecule has 0 heterocycles. The lowest BCUT2D eigenvalue weighted by Gasteiger charge is -2.20. The molecule has 10 heteroatoms. The lowest BCUT2D eigenvalue weighted by Crippen LogP contribution is -2.40. The molecule has 1 amide bonds. The monoisotopic (exact) mass is 548 g/mol. The molecule has 0 saturated heterocycles. The highest BCUT2D eigenvalue weighted by atomic mass is 35.5. The summed E-state index contributed by atoms with van der Waals surface area (Å²) in [6.07, 6.45) is 0.294. The number of amides is 1. The van der Waals surface area contributed by atoms with Gasteiger partial charge in [0.05, 0.1) is 5.41 Å². The average molecular weight is 549 g/mol. The minimum absolute atomic E-state index is 0.0481. The number of ether oxygens (including phenoxy) is 1. The molecule has 0 radical (unpaired) electrons. The van der Waals surface area contributed by atoms with Crippen molar-refractivity contribution in [2.45, 2.75) is 73.4 Å². The molecule has 1 fully saturated rings. The molecule has 1 aliphatic carbocycles. The number of allylic oxidation sites excluding steroid dienone is 3. The van der Waals surface area contributed by atoms with Gasteiger partial charge in [0.1, 0.15) is 18.1 Å². The molecular formula is C27H37ClF4N2O3. The number of halogens is 5. The fourth-order valence-electron chi connectivity index (χ4n) is 3.21. The Bertz CT molecular complexity index is 963. The van der Waals surface area contributed by atoms with Gasteiger partial charge in [0, 0.05) is 11.9 Å². The smallest absolute Gasteiger partial charge is 0.432 e. The molecular weight excluding hydrogens is 512 g/mol. The Kier molecular flexibility index (Phi) is 13.9. The minimum atomic E-state index is -4.67. The Hall–Kier alpha value is -2.65. The molecule has 0 bridgehead atoms. The quantitative estimate of drug-likeness (QED) is 0.0785. The van der Waals surface area contributed by atoms with Crippen LogP contribution in [0.4, 0.5) is 17.6 Å². The van der Waals surface area contributed by atoms with Gasteiger partial charge in [0.2, 0.25) is 5.91 Å². The van der Waals surface area contributed by atoms with E-state index in [1.807, 2.05) is 20.8 Å². The third-order valence-electron chi connectivity index (χ3n) is 5.36. The fraction of sp³-hybridized carbons (Fsp3) is 0.481. The van der Waals surface area contributed by atoms with Crippen LogP contribution >= 0.6 is 11.6 Å². The molecule has 0 aliphatic heterocycles. The molecule has 0 atom stereocenters. The van der Waals surface area contributed by atoms with Gasteiger partial charge < -0.3 is 4.74 Å². The Morgan fingerprint density at radius 3 is 2.03 bits per heavy atom. The molecule has 0 aromatic heterocycles. The van der Waals surface area contributed by atoms with Crippen LogP contribution in [0.5, 0.6) is 0 Å². The molecule has 0 spiro atoms. The zero-order valence-electron chi connectivity index (χ0n) is 22.3. The standard InChI is InChI=1S/C11H18O2.C8H8ClF.C8H11F3N2O/c1-9(2)8-13-10(12)11(3)6-4-5-7-11;1-5-3-6(2)8(10)4-7(5)9;1-5(2)4-7(8(9,10)11)13(12)6(3)14/h1,4-8H2,2-3H3;3-4H,1-2H3;4H,1,12H2,2-3H3/b;;7-4-. The lowest BCUT2D eigenvalue weighted by atomic mass is 9.89. The number of hydrogen-bond donors (Lipinski definition) is 1. The second-order valence-corrected chi connectivity index (χ2v) is 9.82. The summed E-state index contributed by atoms with van der Waals surface area (Å²) in [6.45, 7) is 17.1. The summed E-state index contributed by atoms with van der Waals surface area (Å²) >= 11 is 5.65. The molecule has 1 aliphatic rings. The number of rotatable bonds is 5. The Morgan fingerprint density at radius 1 is 1.14 bits per heavy atom. The van der Waals surface area contributed by atoms with Crippen LogP contribution in [-0.2, 0) is 14.3 Å². The number of benzene rings is 1. The molecule has 0 unspecified atom stereocenters. The van der Waals surface area contributed by atoms with Crippen LogP contribution in [0.3, 0.4) is 0 Å². The van der Waals surface area contributed by atoms with E-state index in [0.29, 0.717) is 23.3 Å². The van der Waals surface area contributed by atoms with Crippen molar-refractivity contribution in [1.82, 2.24) is 5.01 Å². The van der Waals surface area contributed by atoms with E-state index in [0.717, 1.165) is 43.7 Å². The van der Waals surface area contributed by atoms with Crippen molar-refractivity contribution in [2.75, 3.05) is 6.61 Å². The van der Waals surface area contributed by atoms with Crippen molar-refractivity contribution in [3.05, 3.63) is 70.2 Å². The molecule has 2 rings (SSSR count). The molecule has 2 N–H and O–H groups in total. The molecule has 5 nitrogen and oxygen atoms in total. The van der Waals surface area contributed by atoms with Gasteiger partial charge in [-0.15, -0.1) is 0 Å². The minimum Gasteiger partial charge on any atom is -0.461 e. The number of aryl methyl sites for hydroxylation is 2. The number of carbonyl (C=O) groups excluding carboxylic acids is 2. The summed E-state index contributed by atoms with van der Waals surface area (Å²) in [4.78, 5) is 22.3. The highest BCUT2D eigenvalue weighted by molar-refractivity contribution is 6.31. The van der Waals surface area contributed by atoms with Gasteiger partial charge in [-0.1, -0.05) is 49.2 Å². The van der Waals surface area contributed by atoms with Gasteiger partial charge in [-0.25, -0.2) is 15.2 Å². The van der Waals surface area contributed by atoms with Crippen LogP contribution in [0.2, 0.25) is 5.02 Å². The molecule has 1 aromatic carbocycles. The fourth-order valence-corrected chi connectivity index (χ4v) is 3.37. The maximum Gasteiger partial charge on any atom is 0.432 e. The van der Waals surface area contributed by atoms with Crippen molar-refractivity contribution in [3.63, 3.8) is 0 Å². The summed E-state index contributed by atoms with van der Waals surface area (Å²) in [5.41, 5.74) is 1.18. The summed E-state index contributed by atoms with van der Waals surface area (Å²) in [5.74, 6) is 3.77. The van der Waals surface area contributed by atoms with Crippen molar-refractivity contribution in [3.8, 4) is 0 Å². The number of hydrogen-bond acceptors (Lipinski definition) is 4. The van der Waals surface area contributed by atoms with Crippen molar-refractivity contribution in [2.24, 2.45) is 11.3 Å². The Labute approximate surface area is 222 Å². The first kappa shape index (κ1) is 34.4. The zero-order valence-corrected chi connectivity index (χ0v) is 23.1. The third-order valence-corrected chi connectivity index (χ3v) is 5.77. The van der Waals surface area contributed by atoms with Gasteiger partial charge >= 0.3 is 12.1 Å². The summed E-state index contributed by atoms with van der Waals surface area (Å²) in [7, 11) is 0. The summed E-state index contributed by atoms with van der Waals surface area (Å²) < 4.78 is 54.8. The maximum absolute atomic E-state index is 12.7. The van der Waals surface area contributed by atoms with Crippen molar-refractivity contribution < 1.29 is 31.9 Å². The van der Waals surface area contributed by atoms with E-state index in [1.54, 1.807) is 13.0 Å². The normalized spacial score (nSPS) is 14.4. The van der Waals surface area contributed by atoms with E-state index in [1.165, 1.54) is 13.0 Å². The third kappa shape index (κ3) is 12.4. The predicted octanol–water partition coefficient (Wildman–Crippen LogP) is 7.51. The van der Waals surface area contributed by atoms with Crippen LogP contribution in [0.25, 0.3) is 0 Å². The van der Waals surface area contributed by atoms with Crippen LogP contribution in [-0.4, -0.2) is 29.7 Å². The van der Waals surface area contributed by atoms with E-state index >= 15 is 0 Å². The Morgan fingerprint density at radius 2 is 1.65 bits per heavy atom. The first-order chi connectivity index (χ1) is 16.8. The van der Waals surface area contributed by atoms with Crippen molar-refractivity contribution in [1.29, 1.82) is 0 Å². The van der Waals surface area contributed by atoms with E-state index in [-0.39, 0.29) is 27.8 Å². The predicted molar refractivity (Wildman–Crippen MR) is 139 cm³/mol. The highest BCUT2D eigenvalue weighted by Gasteiger charge is 2.38. The average Bonchev–Trinajstić information content (AvgIpc) is 3.21. The van der Waals surface area contributed by atoms with Crippen LogP contribution in [0.15, 0.2) is 48.2 Å². The van der Waals surface area contributed by atoms with Crippen LogP contribution in [0, 0.1) is 25.1 Å². The van der Waals surface area contributed by atoms with E-state index < -0.39 is 17.8 Å². The molecule has 1 saturated carbocycles. The van der Waals surface area contributed by atoms with Crippen molar-refractivity contribution >= 4 is 23.5 Å². The first-order valence-electron chi connectivity index (χ1n) is 11.6. The number of nitrogens with zero attached hydrogens (tertiary/aromatic N) is 1. The number of carbonyl (C=O) groups is 2. The summed E-state index contributed by atoms with van der Waals surface area (Å²) in [6, 6.07) is 3.07. The lowest BCUT2D eigenvalue weighted by molar-refractivity contribution is -0.153. The summed E-state index contributed by atoms with van der Waals surface area (Å²) in [5, 5.41) is 0.539. The van der Waals surface area contributed by atoms with Gasteiger partial charge in [-0.2, -0.15) is 13.2 Å². The van der Waals surface area contributed by atoms with Gasteiger partial charge in [0.15, 0.2) is 0 Å². The van der Waals surface area contributed by atoms with Gasteiger partial charge in [-0.05, 0) is 76.3 Å². The largest absolute Gasteiger partial charge is 0.461 e. The van der Waals surface area contributed by atoms with E-state index in [9.17, 15) is 27.2 Å². The van der Waals surface area contributed by atoms with E-state index in [4.69, 9.17) is 22.2 Å². The Balaban J connectivity index is 0.000000532. The molecule has 37 heavy (non-hydrogen) atoms. The number of hydrazine groups is 1. The maximum atomic E-state index is 12.7. The van der Waals surface area contributed by atoms with Crippen LogP contribution < -0.4 is 5.84 Å². The van der Waals surface area contributed by atoms with Gasteiger partial charge in [0.25, 0.3) is 0 Å². The number of nitrogens with two attached hydrogens (primary N) is 1. The molecule has 1 aromatic rings. The number of alkyl halides is 3. The highest BCUT2D eigenvalue weighted by Crippen LogP contribution is 2.38. The molecule has 208 valence electrons.